The van der Waals surface area contributed by atoms with E-state index in [0.717, 1.165) is 5.56 Å². The number of aromatic nitrogens is 3. The number of carbonyl (C=O) groups excluding carboxylic acids is 3. The van der Waals surface area contributed by atoms with Gasteiger partial charge in [0.1, 0.15) is 17.7 Å². The first-order valence-electron chi connectivity index (χ1n) is 15.6. The predicted molar refractivity (Wildman–Crippen MR) is 183 cm³/mol. The maximum Gasteiger partial charge on any atom is 0.338 e. The van der Waals surface area contributed by atoms with Crippen LogP contribution in [0.25, 0.3) is 11.4 Å². The molecule has 12 nitrogen and oxygen atoms in total. The lowest BCUT2D eigenvalue weighted by molar-refractivity contribution is -0.136. The first-order chi connectivity index (χ1) is 23.6. The number of piperazine rings is 1. The van der Waals surface area contributed by atoms with Gasteiger partial charge in [0.05, 0.1) is 25.3 Å². The first-order valence-corrected chi connectivity index (χ1v) is 16.8. The van der Waals surface area contributed by atoms with Crippen molar-refractivity contribution in [3.8, 4) is 11.4 Å². The number of ketones is 1. The van der Waals surface area contributed by atoms with E-state index in [-0.39, 0.29) is 28.5 Å². The molecule has 0 unspecified atom stereocenters. The van der Waals surface area contributed by atoms with Crippen molar-refractivity contribution in [2.24, 2.45) is 12.0 Å². The number of methoxy groups -OCH3 is 1. The van der Waals surface area contributed by atoms with Crippen LogP contribution in [-0.4, -0.2) is 93.8 Å². The highest BCUT2D eigenvalue weighted by atomic mass is 35.5. The van der Waals surface area contributed by atoms with E-state index in [1.54, 1.807) is 23.2 Å². The van der Waals surface area contributed by atoms with Crippen molar-refractivity contribution in [2.45, 2.75) is 19.0 Å². The minimum Gasteiger partial charge on any atom is -0.466 e. The minimum absolute atomic E-state index is 0.0114. The number of aryl methyl sites for hydroxylation is 1. The third-order valence-corrected chi connectivity index (χ3v) is 10.0. The van der Waals surface area contributed by atoms with Gasteiger partial charge < -0.3 is 19.5 Å². The molecule has 2 aromatic carbocycles. The van der Waals surface area contributed by atoms with Crippen LogP contribution in [0.1, 0.15) is 33.9 Å². The number of urea groups is 1. The summed E-state index contributed by atoms with van der Waals surface area (Å²) in [6.07, 6.45) is 3.50. The largest absolute Gasteiger partial charge is 0.466 e. The second-order valence-electron chi connectivity index (χ2n) is 12.0. The van der Waals surface area contributed by atoms with Gasteiger partial charge in [0.15, 0.2) is 22.4 Å². The molecule has 4 aromatic rings. The quantitative estimate of drug-likeness (QED) is 0.207. The Morgan fingerprint density at radius 1 is 1.14 bits per heavy atom. The molecular weight excluding hydrogens is 671 g/mol. The van der Waals surface area contributed by atoms with Crippen molar-refractivity contribution >= 4 is 52.4 Å². The molecule has 0 bridgehead atoms. The molecule has 5 heterocycles. The van der Waals surface area contributed by atoms with E-state index in [1.807, 2.05) is 40.2 Å². The molecule has 1 N–H and O–H groups in total. The van der Waals surface area contributed by atoms with Crippen molar-refractivity contribution < 1.29 is 23.5 Å². The average Bonchev–Trinajstić information content (AvgIpc) is 3.84. The zero-order valence-electron chi connectivity index (χ0n) is 26.9. The molecule has 0 spiro atoms. The van der Waals surface area contributed by atoms with E-state index in [9.17, 15) is 18.8 Å². The van der Waals surface area contributed by atoms with E-state index >= 15 is 0 Å². The number of thiazole rings is 1. The summed E-state index contributed by atoms with van der Waals surface area (Å²) in [5, 5.41) is 5.92. The second-order valence-corrected chi connectivity index (χ2v) is 13.3. The number of carbonyl (C=O) groups is 3. The van der Waals surface area contributed by atoms with E-state index in [0.29, 0.717) is 72.0 Å². The van der Waals surface area contributed by atoms with Crippen LogP contribution < -0.4 is 10.2 Å². The number of amidine groups is 1. The van der Waals surface area contributed by atoms with Gasteiger partial charge in [-0.25, -0.2) is 23.9 Å². The molecule has 2 fully saturated rings. The summed E-state index contributed by atoms with van der Waals surface area (Å²) >= 11 is 7.89. The van der Waals surface area contributed by atoms with Crippen LogP contribution in [0.3, 0.4) is 0 Å². The van der Waals surface area contributed by atoms with Gasteiger partial charge in [0.2, 0.25) is 0 Å². The number of halogens is 2. The Bertz CT molecular complexity index is 2010. The lowest BCUT2D eigenvalue weighted by Gasteiger charge is -2.38. The fourth-order valence-corrected chi connectivity index (χ4v) is 7.36. The van der Waals surface area contributed by atoms with E-state index in [1.165, 1.54) is 43.6 Å². The summed E-state index contributed by atoms with van der Waals surface area (Å²) in [4.78, 5) is 58.5. The number of anilines is 1. The van der Waals surface area contributed by atoms with E-state index in [2.05, 4.69) is 15.2 Å². The molecule has 2 atom stereocenters. The summed E-state index contributed by atoms with van der Waals surface area (Å²) in [5.41, 5.74) is 2.75. The fraction of sp³-hybridized carbons (Fsp3) is 0.294. The highest BCUT2D eigenvalue weighted by Crippen LogP contribution is 2.37. The first kappa shape index (κ1) is 32.6. The predicted octanol–water partition coefficient (Wildman–Crippen LogP) is 4.68. The number of benzene rings is 2. The van der Waals surface area contributed by atoms with Crippen LogP contribution in [0.15, 0.2) is 76.5 Å². The Balaban J connectivity index is 1.14. The topological polar surface area (TPSA) is 125 Å². The van der Waals surface area contributed by atoms with Gasteiger partial charge in [-0.1, -0.05) is 41.9 Å². The van der Waals surface area contributed by atoms with Gasteiger partial charge in [-0.3, -0.25) is 19.6 Å². The van der Waals surface area contributed by atoms with Crippen LogP contribution in [0, 0.1) is 5.82 Å². The van der Waals surface area contributed by atoms with Crippen LogP contribution in [0.4, 0.5) is 15.0 Å². The SMILES string of the molecule is COC(=O)C1=C(CN2CCN3C(=O)N(c4cn(C)c(-c5ccc(C(C)=O)cc5)n4)C[C@@H]3C2)NC(c2nccs2)=N[C@H]1c1ccc(F)cc1Cl. The lowest BCUT2D eigenvalue weighted by Crippen LogP contribution is -2.53. The highest BCUT2D eigenvalue weighted by molar-refractivity contribution is 7.11. The maximum atomic E-state index is 14.0. The summed E-state index contributed by atoms with van der Waals surface area (Å²) in [6.45, 7) is 3.86. The van der Waals surface area contributed by atoms with Gasteiger partial charge in [-0.2, -0.15) is 0 Å². The standard InChI is InChI=1S/C34H32ClFN8O4S/c1-19(45)20-4-6-21(7-5-20)31-39-27(18-41(31)2)44-16-23-15-42(11-12-43(23)34(44)47)17-26-28(33(46)48-3)29(24-9-8-22(36)14-25(24)35)40-30(38-26)32-37-10-13-49-32/h4-10,13-14,18,23,29H,11-12,15-17H2,1-3H3,(H,38,40)/t23-,29-/m0/s1. The molecule has 0 radical (unpaired) electrons. The number of hydrogen-bond donors (Lipinski definition) is 1. The highest BCUT2D eigenvalue weighted by Gasteiger charge is 2.43. The summed E-state index contributed by atoms with van der Waals surface area (Å²) < 4.78 is 21.1. The Hall–Kier alpha value is -4.92. The lowest BCUT2D eigenvalue weighted by atomic mass is 9.95. The van der Waals surface area contributed by atoms with Crippen molar-refractivity contribution in [1.29, 1.82) is 0 Å². The molecular formula is C34H32ClFN8O4S. The normalized spacial score (nSPS) is 19.5. The number of esters is 1. The van der Waals surface area contributed by atoms with Gasteiger partial charge >= 0.3 is 12.0 Å². The molecule has 0 aliphatic carbocycles. The molecule has 0 saturated carbocycles. The van der Waals surface area contributed by atoms with Gasteiger partial charge in [-0.15, -0.1) is 11.3 Å². The molecule has 2 amide bonds. The van der Waals surface area contributed by atoms with Crippen LogP contribution >= 0.6 is 22.9 Å². The van der Waals surface area contributed by atoms with Crippen molar-refractivity contribution in [2.75, 3.05) is 44.7 Å². The fourth-order valence-electron chi connectivity index (χ4n) is 6.50. The number of ether oxygens (including phenoxy) is 1. The molecule has 3 aliphatic rings. The van der Waals surface area contributed by atoms with Crippen molar-refractivity contribution in [3.05, 3.63) is 98.5 Å². The van der Waals surface area contributed by atoms with Gasteiger partial charge in [-0.05, 0) is 19.1 Å². The molecule has 2 saturated heterocycles. The van der Waals surface area contributed by atoms with Gasteiger partial charge in [0.25, 0.3) is 0 Å². The molecule has 2 aromatic heterocycles. The smallest absolute Gasteiger partial charge is 0.338 e. The summed E-state index contributed by atoms with van der Waals surface area (Å²) in [6, 6.07) is 10.2. The Morgan fingerprint density at radius 3 is 2.63 bits per heavy atom. The monoisotopic (exact) mass is 702 g/mol. The molecule has 3 aliphatic heterocycles. The second kappa shape index (κ2) is 13.2. The van der Waals surface area contributed by atoms with Crippen LogP contribution in [0.5, 0.6) is 0 Å². The Kier molecular flexibility index (Phi) is 8.77. The number of aliphatic imine (C=N–C) groups is 1. The number of fused-ring (bicyclic) bond motifs is 1. The van der Waals surface area contributed by atoms with Crippen molar-refractivity contribution in [3.63, 3.8) is 0 Å². The summed E-state index contributed by atoms with van der Waals surface area (Å²) in [7, 11) is 3.18. The molecule has 7 rings (SSSR count). The number of hydrogen-bond acceptors (Lipinski definition) is 10. The molecule has 15 heteroatoms. The number of nitrogens with one attached hydrogen (secondary N) is 1. The average molecular weight is 703 g/mol. The number of amides is 2. The van der Waals surface area contributed by atoms with E-state index < -0.39 is 17.8 Å². The Labute approximate surface area is 290 Å². The number of rotatable bonds is 8. The van der Waals surface area contributed by atoms with Gasteiger partial charge in [0, 0.05) is 78.4 Å². The summed E-state index contributed by atoms with van der Waals surface area (Å²) in [5.74, 6) is 0.598. The van der Waals surface area contributed by atoms with Crippen LogP contribution in [0.2, 0.25) is 5.02 Å². The maximum absolute atomic E-state index is 14.0. The molecule has 252 valence electrons. The third kappa shape index (κ3) is 6.22. The van der Waals surface area contributed by atoms with Crippen LogP contribution in [-0.2, 0) is 16.6 Å². The van der Waals surface area contributed by atoms with E-state index in [4.69, 9.17) is 26.3 Å². The number of imidazole rings is 1. The Morgan fingerprint density at radius 2 is 1.94 bits per heavy atom. The number of Topliss-reactive ketones (excluding diaryl/α,β-unsaturated/α-hetero) is 1. The zero-order chi connectivity index (χ0) is 34.4. The third-order valence-electron chi connectivity index (χ3n) is 8.93. The van der Waals surface area contributed by atoms with Crippen molar-refractivity contribution in [1.82, 2.24) is 29.7 Å². The minimum atomic E-state index is -0.863. The molecule has 49 heavy (non-hydrogen) atoms. The number of nitrogens with zero attached hydrogens (tertiary/aromatic N) is 7. The zero-order valence-corrected chi connectivity index (χ0v) is 28.5.